The molecule has 0 saturated carbocycles. The number of nitrogens with one attached hydrogen (secondary N) is 1. The van der Waals surface area contributed by atoms with E-state index in [0.717, 1.165) is 59.8 Å². The highest BCUT2D eigenvalue weighted by Gasteiger charge is 2.29. The van der Waals surface area contributed by atoms with Gasteiger partial charge in [-0.1, -0.05) is 24.8 Å². The molecule has 2 aromatic heterocycles. The van der Waals surface area contributed by atoms with Crippen molar-refractivity contribution in [3.63, 3.8) is 0 Å². The van der Waals surface area contributed by atoms with E-state index in [2.05, 4.69) is 38.9 Å². The third kappa shape index (κ3) is 5.33. The van der Waals surface area contributed by atoms with Crippen LogP contribution in [0.5, 0.6) is 0 Å². The Morgan fingerprint density at radius 1 is 1.23 bits per heavy atom. The number of nitrogens with zero attached hydrogens (tertiary/aromatic N) is 4. The van der Waals surface area contributed by atoms with Gasteiger partial charge in [0.1, 0.15) is 11.6 Å². The van der Waals surface area contributed by atoms with Gasteiger partial charge < -0.3 is 15.1 Å². The van der Waals surface area contributed by atoms with Crippen LogP contribution in [0.15, 0.2) is 48.8 Å². The topological polar surface area (TPSA) is 61.4 Å². The highest BCUT2D eigenvalue weighted by atomic mass is 19.1. The predicted octanol–water partition coefficient (Wildman–Crippen LogP) is 4.20. The first-order valence-electron chi connectivity index (χ1n) is 11.8. The van der Waals surface area contributed by atoms with Crippen LogP contribution in [0.4, 0.5) is 10.2 Å². The molecule has 35 heavy (non-hydrogen) atoms. The molecule has 1 atom stereocenters. The SMILES string of the molecule is CCN1CCC(N(C)C(=O)c2cc(-c3ccnc(C)c3C#Cc3ccc(NC)nc3)ccc2F)C1. The first kappa shape index (κ1) is 24.4. The number of amides is 1. The van der Waals surface area contributed by atoms with E-state index in [1.54, 1.807) is 36.5 Å². The number of anilines is 1. The van der Waals surface area contributed by atoms with Gasteiger partial charge in [-0.05, 0) is 55.8 Å². The Morgan fingerprint density at radius 2 is 2.06 bits per heavy atom. The minimum atomic E-state index is -0.523. The molecule has 4 rings (SSSR count). The molecule has 1 aliphatic heterocycles. The number of likely N-dealkylation sites (tertiary alicyclic amines) is 1. The van der Waals surface area contributed by atoms with Crippen molar-refractivity contribution in [1.82, 2.24) is 19.8 Å². The van der Waals surface area contributed by atoms with Crippen molar-refractivity contribution in [3.8, 4) is 23.0 Å². The summed E-state index contributed by atoms with van der Waals surface area (Å²) in [5.74, 6) is 6.29. The van der Waals surface area contributed by atoms with Crippen molar-refractivity contribution in [2.24, 2.45) is 0 Å². The van der Waals surface area contributed by atoms with Crippen LogP contribution in [-0.2, 0) is 0 Å². The number of hydrogen-bond donors (Lipinski definition) is 1. The number of carbonyl (C=O) groups is 1. The number of likely N-dealkylation sites (N-methyl/N-ethyl adjacent to an activating group) is 2. The van der Waals surface area contributed by atoms with Gasteiger partial charge in [0.25, 0.3) is 5.91 Å². The minimum Gasteiger partial charge on any atom is -0.373 e. The Kier molecular flexibility index (Phi) is 7.42. The molecule has 1 aliphatic rings. The van der Waals surface area contributed by atoms with E-state index in [0.29, 0.717) is 0 Å². The number of rotatable bonds is 5. The van der Waals surface area contributed by atoms with E-state index in [1.807, 2.05) is 32.2 Å². The van der Waals surface area contributed by atoms with Crippen LogP contribution < -0.4 is 5.32 Å². The number of carbonyl (C=O) groups excluding carboxylic acids is 1. The van der Waals surface area contributed by atoms with Gasteiger partial charge in [-0.2, -0.15) is 0 Å². The number of aryl methyl sites for hydroxylation is 1. The highest BCUT2D eigenvalue weighted by Crippen LogP contribution is 2.28. The minimum absolute atomic E-state index is 0.0696. The lowest BCUT2D eigenvalue weighted by molar-refractivity contribution is 0.0731. The molecule has 1 aromatic carbocycles. The second kappa shape index (κ2) is 10.7. The number of aromatic nitrogens is 2. The number of benzene rings is 1. The van der Waals surface area contributed by atoms with Crippen molar-refractivity contribution >= 4 is 11.7 Å². The van der Waals surface area contributed by atoms with Crippen LogP contribution in [0.1, 0.15) is 40.5 Å². The first-order chi connectivity index (χ1) is 16.9. The largest absolute Gasteiger partial charge is 0.373 e. The maximum Gasteiger partial charge on any atom is 0.256 e. The van der Waals surface area contributed by atoms with Gasteiger partial charge in [0, 0.05) is 56.7 Å². The number of hydrogen-bond acceptors (Lipinski definition) is 5. The number of pyridine rings is 2. The van der Waals surface area contributed by atoms with Gasteiger partial charge >= 0.3 is 0 Å². The maximum atomic E-state index is 14.8. The Balaban J connectivity index is 1.66. The van der Waals surface area contributed by atoms with Crippen LogP contribution in [0, 0.1) is 24.6 Å². The zero-order valence-corrected chi connectivity index (χ0v) is 20.6. The van der Waals surface area contributed by atoms with E-state index >= 15 is 0 Å². The van der Waals surface area contributed by atoms with Crippen LogP contribution in [-0.4, -0.2) is 65.4 Å². The maximum absolute atomic E-state index is 14.8. The van der Waals surface area contributed by atoms with Crippen LogP contribution >= 0.6 is 0 Å². The van der Waals surface area contributed by atoms with E-state index in [-0.39, 0.29) is 17.5 Å². The lowest BCUT2D eigenvalue weighted by atomic mass is 9.97. The lowest BCUT2D eigenvalue weighted by Crippen LogP contribution is -2.39. The summed E-state index contributed by atoms with van der Waals surface area (Å²) in [7, 11) is 3.57. The zero-order chi connectivity index (χ0) is 24.9. The molecule has 1 amide bonds. The molecule has 180 valence electrons. The predicted molar refractivity (Wildman–Crippen MR) is 137 cm³/mol. The summed E-state index contributed by atoms with van der Waals surface area (Å²) in [5.41, 5.74) is 3.86. The molecule has 3 aromatic rings. The third-order valence-electron chi connectivity index (χ3n) is 6.56. The highest BCUT2D eigenvalue weighted by molar-refractivity contribution is 5.96. The average Bonchev–Trinajstić information content (AvgIpc) is 3.37. The Morgan fingerprint density at radius 3 is 2.74 bits per heavy atom. The fraction of sp³-hybridized carbons (Fsp3) is 0.321. The smallest absolute Gasteiger partial charge is 0.256 e. The lowest BCUT2D eigenvalue weighted by Gasteiger charge is -2.25. The molecule has 1 saturated heterocycles. The molecule has 1 N–H and O–H groups in total. The Bertz CT molecular complexity index is 1280. The zero-order valence-electron chi connectivity index (χ0n) is 20.6. The van der Waals surface area contributed by atoms with Crippen molar-refractivity contribution in [2.75, 3.05) is 39.0 Å². The van der Waals surface area contributed by atoms with Gasteiger partial charge in [-0.25, -0.2) is 9.37 Å². The van der Waals surface area contributed by atoms with Crippen LogP contribution in [0.3, 0.4) is 0 Å². The fourth-order valence-electron chi connectivity index (χ4n) is 4.34. The quantitative estimate of drug-likeness (QED) is 0.565. The molecule has 3 heterocycles. The van der Waals surface area contributed by atoms with Crippen molar-refractivity contribution in [1.29, 1.82) is 0 Å². The van der Waals surface area contributed by atoms with Crippen LogP contribution in [0.25, 0.3) is 11.1 Å². The van der Waals surface area contributed by atoms with E-state index in [4.69, 9.17) is 0 Å². The van der Waals surface area contributed by atoms with E-state index in [9.17, 15) is 9.18 Å². The molecular weight excluding hydrogens is 441 g/mol. The standard InChI is InChI=1S/C28H30FN5O/c1-5-34-15-13-22(18-34)33(4)28(35)25-16-21(8-10-26(25)29)24-12-14-31-19(2)23(24)9-6-20-7-11-27(30-3)32-17-20/h7-8,10-12,14,16-17,22H,5,13,15,18H2,1-4H3,(H,30,32). The summed E-state index contributed by atoms with van der Waals surface area (Å²) >= 11 is 0. The van der Waals surface area contributed by atoms with Gasteiger partial charge in [-0.3, -0.25) is 9.78 Å². The normalized spacial score (nSPS) is 15.4. The van der Waals surface area contributed by atoms with Gasteiger partial charge in [0.05, 0.1) is 16.8 Å². The summed E-state index contributed by atoms with van der Waals surface area (Å²) in [6.45, 7) is 6.71. The molecule has 1 fully saturated rings. The second-order valence-electron chi connectivity index (χ2n) is 8.70. The summed E-state index contributed by atoms with van der Waals surface area (Å²) in [5, 5.41) is 2.98. The summed E-state index contributed by atoms with van der Waals surface area (Å²) in [4.78, 5) is 25.9. The van der Waals surface area contributed by atoms with Crippen molar-refractivity contribution in [2.45, 2.75) is 26.3 Å². The second-order valence-corrected chi connectivity index (χ2v) is 8.70. The summed E-state index contributed by atoms with van der Waals surface area (Å²) in [6.07, 6.45) is 4.30. The number of halogens is 1. The molecule has 0 radical (unpaired) electrons. The molecule has 7 heteroatoms. The molecular formula is C28H30FN5O. The summed E-state index contributed by atoms with van der Waals surface area (Å²) in [6, 6.07) is 10.4. The van der Waals surface area contributed by atoms with Gasteiger partial charge in [-0.15, -0.1) is 0 Å². The molecule has 1 unspecified atom stereocenters. The summed E-state index contributed by atoms with van der Waals surface area (Å²) < 4.78 is 14.8. The Labute approximate surface area is 206 Å². The van der Waals surface area contributed by atoms with Crippen LogP contribution in [0.2, 0.25) is 0 Å². The van der Waals surface area contributed by atoms with Gasteiger partial charge in [0.15, 0.2) is 0 Å². The van der Waals surface area contributed by atoms with Crippen molar-refractivity contribution < 1.29 is 9.18 Å². The van der Waals surface area contributed by atoms with E-state index in [1.165, 1.54) is 6.07 Å². The third-order valence-corrected chi connectivity index (χ3v) is 6.56. The van der Waals surface area contributed by atoms with Gasteiger partial charge in [0.2, 0.25) is 0 Å². The molecule has 0 bridgehead atoms. The molecule has 0 aliphatic carbocycles. The average molecular weight is 472 g/mol. The fourth-order valence-corrected chi connectivity index (χ4v) is 4.34. The van der Waals surface area contributed by atoms with Crippen molar-refractivity contribution in [3.05, 3.63) is 77.0 Å². The molecule has 0 spiro atoms. The van der Waals surface area contributed by atoms with E-state index < -0.39 is 5.82 Å². The Hall–Kier alpha value is -3.76. The monoisotopic (exact) mass is 471 g/mol. The molecule has 6 nitrogen and oxygen atoms in total. The first-order valence-corrected chi connectivity index (χ1v) is 11.8.